The predicted molar refractivity (Wildman–Crippen MR) is 83.1 cm³/mol. The van der Waals surface area contributed by atoms with E-state index in [1.807, 2.05) is 0 Å². The number of nitrogens with two attached hydrogens (primary N) is 1. The molecule has 1 heterocycles. The maximum absolute atomic E-state index is 12.8. The molecule has 5 nitrogen and oxygen atoms in total. The summed E-state index contributed by atoms with van der Waals surface area (Å²) in [6.07, 6.45) is 5.48. The fourth-order valence-electron chi connectivity index (χ4n) is 2.91. The molecule has 0 aromatic carbocycles. The van der Waals surface area contributed by atoms with Crippen LogP contribution < -0.4 is 5.73 Å². The predicted octanol–water partition coefficient (Wildman–Crippen LogP) is 2.13. The van der Waals surface area contributed by atoms with Crippen LogP contribution in [0.5, 0.6) is 0 Å². The molecular formula is C15H25N3O2S. The Labute approximate surface area is 127 Å². The summed E-state index contributed by atoms with van der Waals surface area (Å²) >= 11 is 0. The number of nitrogens with zero attached hydrogens (tertiary/aromatic N) is 2. The van der Waals surface area contributed by atoms with Gasteiger partial charge in [-0.3, -0.25) is 4.98 Å². The summed E-state index contributed by atoms with van der Waals surface area (Å²) in [7, 11) is -1.86. The summed E-state index contributed by atoms with van der Waals surface area (Å²) in [5.41, 5.74) is 6.36. The van der Waals surface area contributed by atoms with Crippen molar-refractivity contribution in [3.05, 3.63) is 24.0 Å². The van der Waals surface area contributed by atoms with Crippen LogP contribution in [-0.2, 0) is 16.6 Å². The number of hydrogen-bond donors (Lipinski definition) is 1. The summed E-state index contributed by atoms with van der Waals surface area (Å²) in [6, 6.07) is 3.30. The van der Waals surface area contributed by atoms with Crippen LogP contribution in [0.15, 0.2) is 23.2 Å². The molecule has 2 N–H and O–H groups in total. The first-order valence-corrected chi connectivity index (χ1v) is 8.84. The molecule has 1 aliphatic carbocycles. The van der Waals surface area contributed by atoms with Gasteiger partial charge in [0, 0.05) is 25.8 Å². The van der Waals surface area contributed by atoms with Crippen LogP contribution in [0.3, 0.4) is 0 Å². The van der Waals surface area contributed by atoms with Gasteiger partial charge in [-0.2, -0.15) is 4.31 Å². The second kappa shape index (κ2) is 6.02. The van der Waals surface area contributed by atoms with Crippen molar-refractivity contribution in [3.8, 4) is 0 Å². The van der Waals surface area contributed by atoms with E-state index in [1.54, 1.807) is 25.4 Å². The fraction of sp³-hybridized carbons (Fsp3) is 0.667. The Bertz CT molecular complexity index is 589. The Balaban J connectivity index is 2.23. The summed E-state index contributed by atoms with van der Waals surface area (Å²) in [5, 5.41) is 0. The van der Waals surface area contributed by atoms with Crippen molar-refractivity contribution in [2.75, 3.05) is 7.05 Å². The molecular weight excluding hydrogens is 286 g/mol. The molecule has 1 fully saturated rings. The van der Waals surface area contributed by atoms with E-state index in [1.165, 1.54) is 4.31 Å². The fourth-order valence-corrected chi connectivity index (χ4v) is 4.51. The third-order valence-corrected chi connectivity index (χ3v) is 6.51. The van der Waals surface area contributed by atoms with E-state index in [9.17, 15) is 8.42 Å². The molecule has 0 amide bonds. The number of hydrogen-bond acceptors (Lipinski definition) is 4. The van der Waals surface area contributed by atoms with Crippen LogP contribution in [0.2, 0.25) is 0 Å². The van der Waals surface area contributed by atoms with Gasteiger partial charge in [0.05, 0.1) is 5.69 Å². The van der Waals surface area contributed by atoms with Crippen LogP contribution in [0, 0.1) is 5.41 Å². The number of rotatable bonds is 4. The minimum atomic E-state index is -3.53. The molecule has 1 aliphatic rings. The van der Waals surface area contributed by atoms with Gasteiger partial charge in [-0.1, -0.05) is 13.8 Å². The first-order valence-electron chi connectivity index (χ1n) is 7.40. The quantitative estimate of drug-likeness (QED) is 0.924. The molecule has 118 valence electrons. The van der Waals surface area contributed by atoms with Crippen molar-refractivity contribution in [3.63, 3.8) is 0 Å². The minimum Gasteiger partial charge on any atom is -0.325 e. The van der Waals surface area contributed by atoms with Crippen LogP contribution in [0.25, 0.3) is 0 Å². The van der Waals surface area contributed by atoms with E-state index in [0.29, 0.717) is 11.1 Å². The van der Waals surface area contributed by atoms with Gasteiger partial charge in [0.2, 0.25) is 10.0 Å². The molecule has 0 aliphatic heterocycles. The van der Waals surface area contributed by atoms with Crippen LogP contribution in [-0.4, -0.2) is 30.8 Å². The number of aromatic nitrogens is 1. The van der Waals surface area contributed by atoms with Crippen molar-refractivity contribution in [1.82, 2.24) is 9.29 Å². The molecule has 0 bridgehead atoms. The van der Waals surface area contributed by atoms with Crippen molar-refractivity contribution >= 4 is 10.0 Å². The Morgan fingerprint density at radius 3 is 2.57 bits per heavy atom. The van der Waals surface area contributed by atoms with Gasteiger partial charge in [0.1, 0.15) is 4.90 Å². The van der Waals surface area contributed by atoms with E-state index in [4.69, 9.17) is 5.73 Å². The Hall–Kier alpha value is -0.980. The Morgan fingerprint density at radius 2 is 2.00 bits per heavy atom. The molecule has 1 aromatic rings. The van der Waals surface area contributed by atoms with Crippen LogP contribution >= 0.6 is 0 Å². The van der Waals surface area contributed by atoms with Crippen LogP contribution in [0.1, 0.15) is 45.2 Å². The van der Waals surface area contributed by atoms with Gasteiger partial charge < -0.3 is 5.73 Å². The lowest BCUT2D eigenvalue weighted by Crippen LogP contribution is -2.41. The highest BCUT2D eigenvalue weighted by atomic mass is 32.2. The molecule has 21 heavy (non-hydrogen) atoms. The smallest absolute Gasteiger partial charge is 0.244 e. The third-order valence-electron chi connectivity index (χ3n) is 4.52. The van der Waals surface area contributed by atoms with E-state index in [-0.39, 0.29) is 17.5 Å². The van der Waals surface area contributed by atoms with Gasteiger partial charge in [0.15, 0.2) is 0 Å². The van der Waals surface area contributed by atoms with Crippen molar-refractivity contribution < 1.29 is 8.42 Å². The molecule has 2 rings (SSSR count). The molecule has 0 unspecified atom stereocenters. The SMILES string of the molecule is CN(C1CCC(C)(C)CC1)S(=O)(=O)c1cccnc1CN. The highest BCUT2D eigenvalue weighted by Crippen LogP contribution is 2.37. The first-order chi connectivity index (χ1) is 9.78. The summed E-state index contributed by atoms with van der Waals surface area (Å²) in [6.45, 7) is 4.61. The molecule has 1 saturated carbocycles. The molecule has 0 atom stereocenters. The van der Waals surface area contributed by atoms with E-state index in [2.05, 4.69) is 18.8 Å². The number of pyridine rings is 1. The number of sulfonamides is 1. The van der Waals surface area contributed by atoms with Gasteiger partial charge in [-0.25, -0.2) is 8.42 Å². The summed E-state index contributed by atoms with van der Waals surface area (Å²) in [5.74, 6) is 0. The highest BCUT2D eigenvalue weighted by molar-refractivity contribution is 7.89. The standard InChI is InChI=1S/C15H25N3O2S/c1-15(2)8-6-12(7-9-15)18(3)21(19,20)14-5-4-10-17-13(14)11-16/h4-5,10,12H,6-9,11,16H2,1-3H3. The van der Waals surface area contributed by atoms with E-state index >= 15 is 0 Å². The molecule has 0 radical (unpaired) electrons. The van der Waals surface area contributed by atoms with Crippen molar-refractivity contribution in [1.29, 1.82) is 0 Å². The second-order valence-electron chi connectivity index (χ2n) is 6.57. The average Bonchev–Trinajstić information content (AvgIpc) is 2.46. The Morgan fingerprint density at radius 1 is 1.38 bits per heavy atom. The van der Waals surface area contributed by atoms with Gasteiger partial charge in [-0.15, -0.1) is 0 Å². The van der Waals surface area contributed by atoms with E-state index < -0.39 is 10.0 Å². The minimum absolute atomic E-state index is 0.0638. The topological polar surface area (TPSA) is 76.3 Å². The maximum atomic E-state index is 12.8. The van der Waals surface area contributed by atoms with Crippen LogP contribution in [0.4, 0.5) is 0 Å². The molecule has 6 heteroatoms. The third kappa shape index (κ3) is 3.44. The normalized spacial score (nSPS) is 19.9. The van der Waals surface area contributed by atoms with Gasteiger partial charge >= 0.3 is 0 Å². The van der Waals surface area contributed by atoms with E-state index in [0.717, 1.165) is 25.7 Å². The molecule has 1 aromatic heterocycles. The lowest BCUT2D eigenvalue weighted by Gasteiger charge is -2.38. The average molecular weight is 311 g/mol. The molecule has 0 spiro atoms. The second-order valence-corrected chi connectivity index (χ2v) is 8.53. The molecule has 0 saturated heterocycles. The zero-order valence-corrected chi connectivity index (χ0v) is 13.9. The van der Waals surface area contributed by atoms with Crippen molar-refractivity contribution in [2.24, 2.45) is 11.1 Å². The zero-order valence-electron chi connectivity index (χ0n) is 13.0. The Kier molecular flexibility index (Phi) is 4.70. The summed E-state index contributed by atoms with van der Waals surface area (Å²) in [4.78, 5) is 4.32. The summed E-state index contributed by atoms with van der Waals surface area (Å²) < 4.78 is 27.1. The maximum Gasteiger partial charge on any atom is 0.244 e. The lowest BCUT2D eigenvalue weighted by atomic mass is 9.76. The van der Waals surface area contributed by atoms with Crippen molar-refractivity contribution in [2.45, 2.75) is 57.0 Å². The van der Waals surface area contributed by atoms with Gasteiger partial charge in [0.25, 0.3) is 0 Å². The highest BCUT2D eigenvalue weighted by Gasteiger charge is 2.34. The largest absolute Gasteiger partial charge is 0.325 e. The zero-order chi connectivity index (χ0) is 15.7. The monoisotopic (exact) mass is 311 g/mol. The lowest BCUT2D eigenvalue weighted by molar-refractivity contribution is 0.174. The first kappa shape index (κ1) is 16.4. The van der Waals surface area contributed by atoms with Gasteiger partial charge in [-0.05, 0) is 43.2 Å².